The standard InChI is InChI=1S/C45H26N4.C44H25N5.C43H23N5/c1-2-13-28(14-3-1)47-37-21-11-8-18-32(37)41-39(47)25-46-26-40(41)49-36-20-10-7-17-31(36)34-24-33-30-16-6-9-19-35(30)48-38-23-22-27-12-4-5-15-29(27)42(38)43(44(33)48)45(34)49;1-2-10-28-26(9-1)17-19-38-41(28)42-43-33(30-12-4-7-15-36(30)48(38)43)23-34-31-13-5-8-16-37(31)49(44(34)42)40-20-18-27(24-46-40)47-35-14-6-3-11-29(35)32-21-22-45-25-39(32)47;44-24-25-10-9-12-27(22-25)40-31-16-3-6-17-34(31)45-43(46-40)48-36-19-8-5-15-30(36)33-23-32-29-14-4-7-18-35(29)47-37-21-20-26-11-1-2-13-28(26)38(37)39(41(32)47)42(33)48/h1-26H;1-25H;1-23H. The minimum Gasteiger partial charge on any atom is -0.308 e. The molecule has 14 heteroatoms. The molecule has 0 atom stereocenters. The summed E-state index contributed by atoms with van der Waals surface area (Å²) >= 11 is 0. The molecule has 0 radical (unpaired) electrons. The maximum absolute atomic E-state index is 9.73. The van der Waals surface area contributed by atoms with Gasteiger partial charge >= 0.3 is 0 Å². The van der Waals surface area contributed by atoms with Crippen molar-refractivity contribution in [3.05, 3.63) is 455 Å². The van der Waals surface area contributed by atoms with Gasteiger partial charge < -0.3 is 26.9 Å². The van der Waals surface area contributed by atoms with Gasteiger partial charge in [0.05, 0.1) is 164 Å². The number of aromatic nitrogens is 13. The van der Waals surface area contributed by atoms with E-state index in [4.69, 9.17) is 19.9 Å². The molecule has 0 aliphatic carbocycles. The number of hydrogen-bond acceptors (Lipinski definition) is 6. The Morgan fingerprint density at radius 2 is 0.603 bits per heavy atom. The molecule has 0 bridgehead atoms. The van der Waals surface area contributed by atoms with Crippen LogP contribution in [0.2, 0.25) is 0 Å². The Bertz CT molecular complexity index is 11900. The Morgan fingerprint density at radius 1 is 0.212 bits per heavy atom. The Morgan fingerprint density at radius 3 is 1.11 bits per heavy atom. The zero-order valence-electron chi connectivity index (χ0n) is 78.0. The minimum absolute atomic E-state index is 0.598. The van der Waals surface area contributed by atoms with E-state index in [0.29, 0.717) is 11.5 Å². The lowest BCUT2D eigenvalue weighted by atomic mass is 9.99. The van der Waals surface area contributed by atoms with Gasteiger partial charge in [-0.05, 0) is 166 Å². The fourth-order valence-corrected chi connectivity index (χ4v) is 25.8. The van der Waals surface area contributed by atoms with Crippen molar-refractivity contribution in [2.24, 2.45) is 0 Å². The third kappa shape index (κ3) is 10.5. The van der Waals surface area contributed by atoms with Crippen LogP contribution in [0.25, 0.3) is 307 Å². The zero-order chi connectivity index (χ0) is 95.1. The SMILES string of the molecule is N#Cc1cccc(-c2nc(-n3c4ccccc4c4cc5c6ccccc6n6c7ccc8ccccc8c7c(c43)c56)nc3ccccc23)c1.c1ccc(-n2c3ccccc3c3c(-n4c5ccccc5c5cc6c7ccccc7n7c8ccc9ccccc9c8c(c54)c67)cncc32)cc1.c1ccc2c(c1)ccc1c2c2c3c(cc4c5ccccc5n1c42)c1ccccc1n3-c1ccc(-n2c3ccccc3c3ccncc32)cn1. The summed E-state index contributed by atoms with van der Waals surface area (Å²) in [6, 6.07) is 152. The van der Waals surface area contributed by atoms with Crippen molar-refractivity contribution in [1.82, 2.24) is 61.0 Å². The summed E-state index contributed by atoms with van der Waals surface area (Å²) in [5.74, 6) is 1.49. The second-order valence-corrected chi connectivity index (χ2v) is 38.7. The van der Waals surface area contributed by atoms with E-state index in [1.54, 1.807) is 0 Å². The Hall–Kier alpha value is -20.1. The van der Waals surface area contributed by atoms with Crippen molar-refractivity contribution in [2.45, 2.75) is 0 Å². The first kappa shape index (κ1) is 78.7. The van der Waals surface area contributed by atoms with E-state index in [1.807, 2.05) is 67.3 Å². The van der Waals surface area contributed by atoms with Gasteiger partial charge in [-0.25, -0.2) is 15.0 Å². The Labute approximate surface area is 828 Å². The molecule has 15 aromatic heterocycles. The van der Waals surface area contributed by atoms with Gasteiger partial charge in [-0.1, -0.05) is 285 Å². The fraction of sp³-hybridized carbons (Fsp3) is 0. The van der Waals surface area contributed by atoms with E-state index in [-0.39, 0.29) is 0 Å². The summed E-state index contributed by atoms with van der Waals surface area (Å²) in [6.07, 6.45) is 9.92. The summed E-state index contributed by atoms with van der Waals surface area (Å²) in [7, 11) is 0. The third-order valence-electron chi connectivity index (χ3n) is 31.5. The van der Waals surface area contributed by atoms with Crippen LogP contribution in [0.5, 0.6) is 0 Å². The monoisotopic (exact) mass is 1850 g/mol. The van der Waals surface area contributed by atoms with Gasteiger partial charge in [-0.3, -0.25) is 19.1 Å². The van der Waals surface area contributed by atoms with E-state index in [2.05, 4.69) is 429 Å². The molecule has 0 N–H and O–H groups in total. The van der Waals surface area contributed by atoms with Crippen LogP contribution in [0, 0.1) is 11.3 Å². The predicted octanol–water partition coefficient (Wildman–Crippen LogP) is 33.1. The van der Waals surface area contributed by atoms with Crippen LogP contribution < -0.4 is 0 Å². The van der Waals surface area contributed by atoms with Crippen LogP contribution in [0.3, 0.4) is 0 Å². The van der Waals surface area contributed by atoms with E-state index < -0.39 is 0 Å². The molecule has 20 aromatic carbocycles. The largest absolute Gasteiger partial charge is 0.308 e. The van der Waals surface area contributed by atoms with Crippen LogP contribution in [-0.4, -0.2) is 61.0 Å². The highest BCUT2D eigenvalue weighted by Crippen LogP contribution is 2.54. The normalized spacial score (nSPS) is 12.4. The molecule has 0 spiro atoms. The number of rotatable bonds is 6. The van der Waals surface area contributed by atoms with Crippen LogP contribution in [0.15, 0.2) is 450 Å². The highest BCUT2D eigenvalue weighted by atomic mass is 15.2. The smallest absolute Gasteiger partial charge is 0.235 e. The van der Waals surface area contributed by atoms with Crippen LogP contribution in [-0.2, 0) is 0 Å². The van der Waals surface area contributed by atoms with Crippen molar-refractivity contribution in [1.29, 1.82) is 5.26 Å². The number of pyridine rings is 3. The highest BCUT2D eigenvalue weighted by Gasteiger charge is 2.33. The first-order valence-corrected chi connectivity index (χ1v) is 49.6. The molecule has 0 saturated carbocycles. The summed E-state index contributed by atoms with van der Waals surface area (Å²) in [4.78, 5) is 25.3. The van der Waals surface area contributed by atoms with E-state index >= 15 is 0 Å². The quantitative estimate of drug-likeness (QED) is 0.163. The second kappa shape index (κ2) is 29.5. The molecule has 0 unspecified atom stereocenters. The number of para-hydroxylation sites is 10. The molecule has 14 nitrogen and oxygen atoms in total. The van der Waals surface area contributed by atoms with Gasteiger partial charge in [-0.2, -0.15) is 5.26 Å². The van der Waals surface area contributed by atoms with Crippen LogP contribution in [0.4, 0.5) is 0 Å². The van der Waals surface area contributed by atoms with Gasteiger partial charge in [-0.15, -0.1) is 0 Å². The predicted molar refractivity (Wildman–Crippen MR) is 604 cm³/mol. The van der Waals surface area contributed by atoms with Gasteiger partial charge in [0.2, 0.25) is 5.95 Å². The first-order chi connectivity index (χ1) is 72.5. The van der Waals surface area contributed by atoms with Crippen molar-refractivity contribution >= 4 is 267 Å². The molecule has 0 aliphatic rings. The molecule has 15 heterocycles. The van der Waals surface area contributed by atoms with Crippen LogP contribution >= 0.6 is 0 Å². The molecule has 0 aliphatic heterocycles. The summed E-state index contributed by atoms with van der Waals surface area (Å²) in [5.41, 5.74) is 28.8. The van der Waals surface area contributed by atoms with Gasteiger partial charge in [0, 0.05) is 141 Å². The lowest BCUT2D eigenvalue weighted by Gasteiger charge is -2.12. The number of fused-ring (bicyclic) bond motifs is 43. The first-order valence-electron chi connectivity index (χ1n) is 49.6. The highest BCUT2D eigenvalue weighted by molar-refractivity contribution is 6.42. The molecular formula is C132H74N14. The molecule has 35 rings (SSSR count). The molecule has 672 valence electrons. The maximum Gasteiger partial charge on any atom is 0.235 e. The van der Waals surface area contributed by atoms with Crippen molar-refractivity contribution < 1.29 is 0 Å². The van der Waals surface area contributed by atoms with Crippen molar-refractivity contribution in [2.75, 3.05) is 0 Å². The average Bonchev–Trinajstić information content (AvgIpc) is 1.51. The molecule has 0 amide bonds. The fourth-order valence-electron chi connectivity index (χ4n) is 25.8. The molecule has 0 fully saturated rings. The summed E-state index contributed by atoms with van der Waals surface area (Å²) < 4.78 is 19.2. The van der Waals surface area contributed by atoms with Gasteiger partial charge in [0.15, 0.2) is 0 Å². The minimum atomic E-state index is 0.598. The summed E-state index contributed by atoms with van der Waals surface area (Å²) in [6.45, 7) is 0. The number of benzene rings is 20. The zero-order valence-corrected chi connectivity index (χ0v) is 78.0. The van der Waals surface area contributed by atoms with Crippen molar-refractivity contribution in [3.8, 4) is 46.2 Å². The van der Waals surface area contributed by atoms with E-state index in [9.17, 15) is 5.26 Å². The van der Waals surface area contributed by atoms with Crippen LogP contribution in [0.1, 0.15) is 5.56 Å². The number of hydrogen-bond donors (Lipinski definition) is 0. The third-order valence-corrected chi connectivity index (χ3v) is 31.5. The molecule has 35 aromatic rings. The van der Waals surface area contributed by atoms with E-state index in [1.165, 1.54) is 217 Å². The Balaban J connectivity index is 0.0000000958. The second-order valence-electron chi connectivity index (χ2n) is 38.7. The lowest BCUT2D eigenvalue weighted by molar-refractivity contribution is 1.02. The maximum atomic E-state index is 9.73. The number of nitriles is 1. The lowest BCUT2D eigenvalue weighted by Crippen LogP contribution is -2.03. The molecule has 0 saturated heterocycles. The molecule has 146 heavy (non-hydrogen) atoms. The van der Waals surface area contributed by atoms with Gasteiger partial charge in [0.1, 0.15) is 5.82 Å². The summed E-state index contributed by atoms with van der Waals surface area (Å²) in [5, 5.41) is 45.4. The number of nitrogens with zero attached hydrogens (tertiary/aromatic N) is 14. The molecular weight excluding hydrogens is 1780 g/mol. The average molecular weight is 1860 g/mol. The van der Waals surface area contributed by atoms with Crippen molar-refractivity contribution in [3.63, 3.8) is 0 Å². The van der Waals surface area contributed by atoms with Gasteiger partial charge in [0.25, 0.3) is 0 Å². The van der Waals surface area contributed by atoms with E-state index in [0.717, 1.165) is 83.5 Å². The Kier molecular flexibility index (Phi) is 15.9. The topological polar surface area (TPSA) is 126 Å².